The molecule has 1 aromatic rings. The highest BCUT2D eigenvalue weighted by molar-refractivity contribution is 5.61. The number of hydrogen-bond acceptors (Lipinski definition) is 4. The minimum atomic E-state index is 0.225. The number of piperazine rings is 1. The van der Waals surface area contributed by atoms with Gasteiger partial charge in [0.15, 0.2) is 0 Å². The maximum atomic E-state index is 9.27. The maximum Gasteiger partial charge on any atom is 0.142 e. The van der Waals surface area contributed by atoms with Crippen LogP contribution in [0.4, 0.5) is 5.69 Å². The lowest BCUT2D eigenvalue weighted by atomic mass is 10.1. The molecule has 1 heterocycles. The highest BCUT2D eigenvalue weighted by Crippen LogP contribution is 2.32. The van der Waals surface area contributed by atoms with Crippen LogP contribution in [0, 0.1) is 6.92 Å². The molecule has 1 unspecified atom stereocenters. The Morgan fingerprint density at radius 2 is 2.16 bits per heavy atom. The van der Waals surface area contributed by atoms with E-state index in [9.17, 15) is 5.11 Å². The first-order chi connectivity index (χ1) is 9.15. The van der Waals surface area contributed by atoms with Crippen LogP contribution in [-0.2, 0) is 0 Å². The zero-order chi connectivity index (χ0) is 13.8. The van der Waals surface area contributed by atoms with E-state index in [1.54, 1.807) is 7.11 Å². The molecule has 1 aliphatic rings. The minimum absolute atomic E-state index is 0.225. The Kier molecular flexibility index (Phi) is 4.66. The molecule has 0 radical (unpaired) electrons. The van der Waals surface area contributed by atoms with Crippen molar-refractivity contribution in [1.82, 2.24) is 4.90 Å². The molecule has 0 saturated carbocycles. The van der Waals surface area contributed by atoms with Crippen LogP contribution in [-0.4, -0.2) is 56.4 Å². The summed E-state index contributed by atoms with van der Waals surface area (Å²) in [5.74, 6) is 0.915. The van der Waals surface area contributed by atoms with Crippen molar-refractivity contribution in [2.45, 2.75) is 19.4 Å². The Labute approximate surface area is 115 Å². The average Bonchev–Trinajstić information content (AvgIpc) is 2.39. The highest BCUT2D eigenvalue weighted by Gasteiger charge is 2.26. The fourth-order valence-electron chi connectivity index (χ4n) is 2.75. The van der Waals surface area contributed by atoms with Gasteiger partial charge in [-0.3, -0.25) is 0 Å². The molecular weight excluding hydrogens is 240 g/mol. The van der Waals surface area contributed by atoms with Crippen LogP contribution in [0.5, 0.6) is 5.75 Å². The van der Waals surface area contributed by atoms with Crippen LogP contribution in [0.3, 0.4) is 0 Å². The van der Waals surface area contributed by atoms with E-state index in [0.717, 1.165) is 37.5 Å². The van der Waals surface area contributed by atoms with Crippen molar-refractivity contribution >= 4 is 5.69 Å². The summed E-state index contributed by atoms with van der Waals surface area (Å²) < 4.78 is 5.49. The van der Waals surface area contributed by atoms with E-state index in [1.807, 2.05) is 6.07 Å². The number of ether oxygens (including phenoxy) is 1. The Hall–Kier alpha value is -1.26. The summed E-state index contributed by atoms with van der Waals surface area (Å²) in [5.41, 5.74) is 2.38. The summed E-state index contributed by atoms with van der Waals surface area (Å²) in [6.45, 7) is 5.32. The number of anilines is 1. The molecule has 19 heavy (non-hydrogen) atoms. The van der Waals surface area contributed by atoms with Gasteiger partial charge < -0.3 is 19.6 Å². The number of likely N-dealkylation sites (N-methyl/N-ethyl adjacent to an activating group) is 1. The van der Waals surface area contributed by atoms with E-state index in [0.29, 0.717) is 6.04 Å². The lowest BCUT2D eigenvalue weighted by Crippen LogP contribution is -2.52. The van der Waals surface area contributed by atoms with E-state index < -0.39 is 0 Å². The Morgan fingerprint density at radius 3 is 2.84 bits per heavy atom. The predicted octanol–water partition coefficient (Wildman–Crippen LogP) is 1.51. The molecule has 0 aliphatic carbocycles. The first-order valence-corrected chi connectivity index (χ1v) is 6.86. The van der Waals surface area contributed by atoms with Gasteiger partial charge in [-0.25, -0.2) is 0 Å². The molecule has 0 aromatic heterocycles. The quantitative estimate of drug-likeness (QED) is 0.894. The molecule has 1 N–H and O–H groups in total. The number of aliphatic hydroxyl groups excluding tert-OH is 1. The van der Waals surface area contributed by atoms with Gasteiger partial charge in [-0.15, -0.1) is 0 Å². The fraction of sp³-hybridized carbons (Fsp3) is 0.600. The van der Waals surface area contributed by atoms with Crippen molar-refractivity contribution in [3.8, 4) is 5.75 Å². The van der Waals surface area contributed by atoms with Crippen LogP contribution in [0.1, 0.15) is 12.0 Å². The molecule has 1 saturated heterocycles. The lowest BCUT2D eigenvalue weighted by Gasteiger charge is -2.42. The standard InChI is InChI=1S/C15H24N2O2/c1-12-4-5-15(19-3)14(10-12)17-8-7-16(2)11-13(17)6-9-18/h4-5,10,13,18H,6-9,11H2,1-3H3. The predicted molar refractivity (Wildman–Crippen MR) is 78.1 cm³/mol. The molecular formula is C15H24N2O2. The van der Waals surface area contributed by atoms with Gasteiger partial charge >= 0.3 is 0 Å². The Morgan fingerprint density at radius 1 is 1.37 bits per heavy atom. The van der Waals surface area contributed by atoms with Gasteiger partial charge in [-0.1, -0.05) is 6.07 Å². The van der Waals surface area contributed by atoms with Gasteiger partial charge in [-0.2, -0.15) is 0 Å². The first-order valence-electron chi connectivity index (χ1n) is 6.86. The largest absolute Gasteiger partial charge is 0.495 e. The molecule has 0 bridgehead atoms. The molecule has 106 valence electrons. The van der Waals surface area contributed by atoms with Crippen LogP contribution < -0.4 is 9.64 Å². The Bertz CT molecular complexity index is 423. The number of aliphatic hydroxyl groups is 1. The third-order valence-electron chi connectivity index (χ3n) is 3.79. The van der Waals surface area contributed by atoms with Crippen molar-refractivity contribution in [3.05, 3.63) is 23.8 Å². The highest BCUT2D eigenvalue weighted by atomic mass is 16.5. The first kappa shape index (κ1) is 14.2. The van der Waals surface area contributed by atoms with Crippen molar-refractivity contribution in [3.63, 3.8) is 0 Å². The summed E-state index contributed by atoms with van der Waals surface area (Å²) >= 11 is 0. The van der Waals surface area contributed by atoms with Gasteiger partial charge in [0.1, 0.15) is 5.75 Å². The summed E-state index contributed by atoms with van der Waals surface area (Å²) in [5, 5.41) is 9.27. The zero-order valence-corrected chi connectivity index (χ0v) is 12.1. The number of methoxy groups -OCH3 is 1. The summed E-state index contributed by atoms with van der Waals surface area (Å²) in [6, 6.07) is 6.62. The maximum absolute atomic E-state index is 9.27. The number of rotatable bonds is 4. The van der Waals surface area contributed by atoms with Crippen molar-refractivity contribution in [2.75, 3.05) is 45.3 Å². The van der Waals surface area contributed by atoms with Crippen molar-refractivity contribution in [1.29, 1.82) is 0 Å². The fourth-order valence-corrected chi connectivity index (χ4v) is 2.75. The Balaban J connectivity index is 2.29. The molecule has 0 amide bonds. The lowest BCUT2D eigenvalue weighted by molar-refractivity contribution is 0.218. The van der Waals surface area contributed by atoms with Gasteiger partial charge in [0.05, 0.1) is 12.8 Å². The number of hydrogen-bond donors (Lipinski definition) is 1. The summed E-state index contributed by atoms with van der Waals surface area (Å²) in [7, 11) is 3.85. The smallest absolute Gasteiger partial charge is 0.142 e. The van der Waals surface area contributed by atoms with E-state index in [4.69, 9.17) is 4.74 Å². The summed E-state index contributed by atoms with van der Waals surface area (Å²) in [6.07, 6.45) is 0.793. The van der Waals surface area contributed by atoms with Crippen molar-refractivity contribution < 1.29 is 9.84 Å². The van der Waals surface area contributed by atoms with Gasteiger partial charge in [0.25, 0.3) is 0 Å². The number of aryl methyl sites for hydroxylation is 1. The van der Waals surface area contributed by atoms with Crippen LogP contribution in [0.2, 0.25) is 0 Å². The number of nitrogens with zero attached hydrogens (tertiary/aromatic N) is 2. The monoisotopic (exact) mass is 264 g/mol. The minimum Gasteiger partial charge on any atom is -0.495 e. The molecule has 1 atom stereocenters. The SMILES string of the molecule is COc1ccc(C)cc1N1CCN(C)CC1CCO. The third kappa shape index (κ3) is 3.19. The third-order valence-corrected chi connectivity index (χ3v) is 3.79. The second-order valence-corrected chi connectivity index (χ2v) is 5.30. The normalized spacial score (nSPS) is 20.6. The van der Waals surface area contributed by atoms with E-state index >= 15 is 0 Å². The van der Waals surface area contributed by atoms with Gasteiger partial charge in [-0.05, 0) is 38.1 Å². The van der Waals surface area contributed by atoms with Crippen LogP contribution in [0.15, 0.2) is 18.2 Å². The number of benzene rings is 1. The van der Waals surface area contributed by atoms with E-state index in [2.05, 4.69) is 35.9 Å². The topological polar surface area (TPSA) is 35.9 Å². The van der Waals surface area contributed by atoms with E-state index in [1.165, 1.54) is 5.56 Å². The summed E-state index contributed by atoms with van der Waals surface area (Å²) in [4.78, 5) is 4.70. The van der Waals surface area contributed by atoms with Crippen LogP contribution >= 0.6 is 0 Å². The molecule has 1 aromatic carbocycles. The van der Waals surface area contributed by atoms with Gasteiger partial charge in [0.2, 0.25) is 0 Å². The molecule has 0 spiro atoms. The molecule has 1 aliphatic heterocycles. The molecule has 2 rings (SSSR count). The second-order valence-electron chi connectivity index (χ2n) is 5.30. The second kappa shape index (κ2) is 6.26. The zero-order valence-electron chi connectivity index (χ0n) is 12.1. The molecule has 4 heteroatoms. The van der Waals surface area contributed by atoms with Gasteiger partial charge in [0, 0.05) is 32.3 Å². The van der Waals surface area contributed by atoms with Crippen LogP contribution in [0.25, 0.3) is 0 Å². The van der Waals surface area contributed by atoms with Crippen molar-refractivity contribution in [2.24, 2.45) is 0 Å². The van der Waals surface area contributed by atoms with E-state index in [-0.39, 0.29) is 6.61 Å². The molecule has 4 nitrogen and oxygen atoms in total. The average molecular weight is 264 g/mol. The molecule has 1 fully saturated rings.